The highest BCUT2D eigenvalue weighted by molar-refractivity contribution is 6.33. The van der Waals surface area contributed by atoms with Crippen molar-refractivity contribution in [2.75, 3.05) is 13.2 Å². The normalized spacial score (nSPS) is 11.0. The standard InChI is InChI=1S/C31H17Cl3F6O9/c32-17-6-14(20(35)23(38)26(17)41)29(43)47-10-13(11-48-30(44)15-7-18(33)27(42)24(39)21(15)36)49-31(45)16-8-19(34)28(25(40)22(16)37)46-9-12-4-2-1-3-5-12/h1-8,13,41-42H,9-11H2. The summed E-state index contributed by atoms with van der Waals surface area (Å²) in [4.78, 5) is 38.0. The van der Waals surface area contributed by atoms with Crippen molar-refractivity contribution < 1.29 is 69.9 Å². The van der Waals surface area contributed by atoms with Crippen LogP contribution in [0.4, 0.5) is 26.3 Å². The SMILES string of the molecule is O=C(OCC(COC(=O)c1cc(Cl)c(O)c(F)c1F)OC(=O)c1cc(Cl)c(OCc2ccccc2)c(F)c1F)c1cc(Cl)c(O)c(F)c1F. The number of carbonyl (C=O) groups is 3. The number of hydrogen-bond acceptors (Lipinski definition) is 9. The molecule has 0 amide bonds. The summed E-state index contributed by atoms with van der Waals surface area (Å²) in [6.07, 6.45) is -1.99. The molecule has 49 heavy (non-hydrogen) atoms. The van der Waals surface area contributed by atoms with Gasteiger partial charge >= 0.3 is 17.9 Å². The Kier molecular flexibility index (Phi) is 11.7. The van der Waals surface area contributed by atoms with Gasteiger partial charge in [-0.3, -0.25) is 0 Å². The Morgan fingerprint density at radius 1 is 0.612 bits per heavy atom. The average molecular weight is 754 g/mol. The molecule has 0 heterocycles. The summed E-state index contributed by atoms with van der Waals surface area (Å²) in [6.45, 7) is -2.60. The van der Waals surface area contributed by atoms with Crippen LogP contribution in [-0.2, 0) is 20.8 Å². The Morgan fingerprint density at radius 2 is 1.04 bits per heavy atom. The number of phenols is 2. The predicted molar refractivity (Wildman–Crippen MR) is 158 cm³/mol. The topological polar surface area (TPSA) is 129 Å². The second-order valence-corrected chi connectivity index (χ2v) is 10.8. The fourth-order valence-electron chi connectivity index (χ4n) is 3.88. The van der Waals surface area contributed by atoms with Crippen LogP contribution in [0.3, 0.4) is 0 Å². The molecule has 0 radical (unpaired) electrons. The van der Waals surface area contributed by atoms with Gasteiger partial charge in [0.05, 0.1) is 15.1 Å². The van der Waals surface area contributed by atoms with Crippen LogP contribution < -0.4 is 4.74 Å². The largest absolute Gasteiger partial charge is 0.504 e. The Hall–Kier alpha value is -4.86. The van der Waals surface area contributed by atoms with E-state index in [0.717, 1.165) is 0 Å². The van der Waals surface area contributed by atoms with E-state index in [9.17, 15) is 46.5 Å². The van der Waals surface area contributed by atoms with Crippen LogP contribution in [0.2, 0.25) is 15.1 Å². The Labute approximate surface area is 286 Å². The molecule has 0 saturated carbocycles. The van der Waals surface area contributed by atoms with Gasteiger partial charge in [0.1, 0.15) is 36.5 Å². The Bertz CT molecular complexity index is 1870. The van der Waals surface area contributed by atoms with Crippen LogP contribution in [0.15, 0.2) is 48.5 Å². The number of hydrogen-bond donors (Lipinski definition) is 2. The molecule has 258 valence electrons. The molecule has 0 bridgehead atoms. The van der Waals surface area contributed by atoms with Crippen molar-refractivity contribution in [1.29, 1.82) is 0 Å². The van der Waals surface area contributed by atoms with Gasteiger partial charge in [-0.1, -0.05) is 65.1 Å². The second-order valence-electron chi connectivity index (χ2n) is 9.63. The van der Waals surface area contributed by atoms with Gasteiger partial charge in [0.25, 0.3) is 0 Å². The van der Waals surface area contributed by atoms with Gasteiger partial charge in [-0.05, 0) is 23.8 Å². The molecule has 0 saturated heterocycles. The summed E-state index contributed by atoms with van der Waals surface area (Å²) >= 11 is 17.2. The van der Waals surface area contributed by atoms with Gasteiger partial charge in [0.2, 0.25) is 17.5 Å². The minimum atomic E-state index is -1.99. The Morgan fingerprint density at radius 3 is 1.53 bits per heavy atom. The van der Waals surface area contributed by atoms with Crippen molar-refractivity contribution in [3.8, 4) is 17.2 Å². The monoisotopic (exact) mass is 752 g/mol. The number of phenolic OH excluding ortho intramolecular Hbond substituents is 2. The average Bonchev–Trinajstić information content (AvgIpc) is 3.08. The third kappa shape index (κ3) is 8.24. The maximum absolute atomic E-state index is 15.0. The first-order valence-electron chi connectivity index (χ1n) is 13.2. The molecule has 0 aliphatic rings. The summed E-state index contributed by atoms with van der Waals surface area (Å²) in [6, 6.07) is 9.87. The zero-order valence-corrected chi connectivity index (χ0v) is 26.2. The van der Waals surface area contributed by atoms with Crippen molar-refractivity contribution in [3.63, 3.8) is 0 Å². The fourth-order valence-corrected chi connectivity index (χ4v) is 4.51. The molecule has 0 unspecified atom stereocenters. The highest BCUT2D eigenvalue weighted by atomic mass is 35.5. The quantitative estimate of drug-likeness (QED) is 0.0685. The lowest BCUT2D eigenvalue weighted by atomic mass is 10.2. The molecular formula is C31H17Cl3F6O9. The van der Waals surface area contributed by atoms with E-state index in [2.05, 4.69) is 0 Å². The molecular weight excluding hydrogens is 737 g/mol. The van der Waals surface area contributed by atoms with Gasteiger partial charge in [0, 0.05) is 0 Å². The van der Waals surface area contributed by atoms with Crippen LogP contribution in [0.1, 0.15) is 36.6 Å². The minimum absolute atomic E-state index is 0.243. The number of rotatable bonds is 11. The fraction of sp³-hybridized carbons (Fsp3) is 0.129. The zero-order chi connectivity index (χ0) is 36.2. The zero-order valence-electron chi connectivity index (χ0n) is 24.0. The van der Waals surface area contributed by atoms with Gasteiger partial charge in [-0.15, -0.1) is 0 Å². The molecule has 0 aliphatic carbocycles. The number of benzene rings is 4. The van der Waals surface area contributed by atoms with E-state index in [1.165, 1.54) is 0 Å². The highest BCUT2D eigenvalue weighted by Gasteiger charge is 2.30. The maximum Gasteiger partial charge on any atom is 0.341 e. The Balaban J connectivity index is 1.57. The van der Waals surface area contributed by atoms with Crippen LogP contribution in [-0.4, -0.2) is 47.4 Å². The van der Waals surface area contributed by atoms with E-state index in [4.69, 9.17) is 53.8 Å². The smallest absolute Gasteiger partial charge is 0.341 e. The van der Waals surface area contributed by atoms with Gasteiger partial charge in [0.15, 0.2) is 40.8 Å². The number of aromatic hydroxyl groups is 2. The van der Waals surface area contributed by atoms with E-state index < -0.39 is 121 Å². The second kappa shape index (κ2) is 15.6. The number of ether oxygens (including phenoxy) is 4. The van der Waals surface area contributed by atoms with Gasteiger partial charge in [-0.2, -0.15) is 13.2 Å². The van der Waals surface area contributed by atoms with Crippen molar-refractivity contribution in [2.24, 2.45) is 0 Å². The first-order valence-corrected chi connectivity index (χ1v) is 14.4. The summed E-state index contributed by atoms with van der Waals surface area (Å²) < 4.78 is 106. The molecule has 0 aromatic heterocycles. The number of halogens is 9. The van der Waals surface area contributed by atoms with Gasteiger partial charge in [-0.25, -0.2) is 27.6 Å². The van der Waals surface area contributed by atoms with Crippen LogP contribution in [0.25, 0.3) is 0 Å². The van der Waals surface area contributed by atoms with Gasteiger partial charge < -0.3 is 29.2 Å². The van der Waals surface area contributed by atoms with E-state index in [1.54, 1.807) is 30.3 Å². The summed E-state index contributed by atoms with van der Waals surface area (Å²) in [5.74, 6) is -19.5. The first-order chi connectivity index (χ1) is 23.1. The molecule has 4 aromatic rings. The van der Waals surface area contributed by atoms with E-state index in [0.29, 0.717) is 23.8 Å². The molecule has 0 atom stereocenters. The van der Waals surface area contributed by atoms with Crippen molar-refractivity contribution >= 4 is 52.7 Å². The van der Waals surface area contributed by atoms with Crippen LogP contribution >= 0.6 is 34.8 Å². The van der Waals surface area contributed by atoms with E-state index in [-0.39, 0.29) is 6.61 Å². The molecule has 4 aromatic carbocycles. The number of esters is 3. The van der Waals surface area contributed by atoms with E-state index >= 15 is 4.39 Å². The van der Waals surface area contributed by atoms with Crippen LogP contribution in [0.5, 0.6) is 17.2 Å². The van der Waals surface area contributed by atoms with E-state index in [1.807, 2.05) is 0 Å². The molecule has 4 rings (SSSR count). The lowest BCUT2D eigenvalue weighted by Crippen LogP contribution is -2.31. The van der Waals surface area contributed by atoms with Crippen LogP contribution in [0, 0.1) is 34.9 Å². The third-order valence-electron chi connectivity index (χ3n) is 6.35. The minimum Gasteiger partial charge on any atom is -0.504 e. The summed E-state index contributed by atoms with van der Waals surface area (Å²) in [5.41, 5.74) is -2.87. The predicted octanol–water partition coefficient (Wildman–Crippen LogP) is 7.71. The highest BCUT2D eigenvalue weighted by Crippen LogP contribution is 2.34. The molecule has 0 aliphatic heterocycles. The summed E-state index contributed by atoms with van der Waals surface area (Å²) in [7, 11) is 0. The first kappa shape index (κ1) is 37.0. The van der Waals surface area contributed by atoms with Crippen molar-refractivity contribution in [2.45, 2.75) is 12.7 Å². The van der Waals surface area contributed by atoms with Crippen molar-refractivity contribution in [1.82, 2.24) is 0 Å². The lowest BCUT2D eigenvalue weighted by molar-refractivity contribution is -0.0259. The summed E-state index contributed by atoms with van der Waals surface area (Å²) in [5, 5.41) is 16.6. The molecule has 9 nitrogen and oxygen atoms in total. The third-order valence-corrected chi connectivity index (χ3v) is 7.20. The molecule has 0 fully saturated rings. The van der Waals surface area contributed by atoms with Crippen molar-refractivity contribution in [3.05, 3.63) is 121 Å². The maximum atomic E-state index is 15.0. The molecule has 18 heteroatoms. The molecule has 2 N–H and O–H groups in total. The number of carbonyl (C=O) groups excluding carboxylic acids is 3. The molecule has 0 spiro atoms. The lowest BCUT2D eigenvalue weighted by Gasteiger charge is -2.19.